The number of H-pyrrole nitrogens is 1. The Morgan fingerprint density at radius 2 is 2.43 bits per heavy atom. The fraction of sp³-hybridized carbons (Fsp3) is 0. The molecular weight excluding hydrogens is 105 g/mol. The summed E-state index contributed by atoms with van der Waals surface area (Å²) < 4.78 is 4.22. The van der Waals surface area contributed by atoms with Crippen molar-refractivity contribution in [2.45, 2.75) is 0 Å². The van der Waals surface area contributed by atoms with Crippen molar-refractivity contribution in [2.24, 2.45) is 0 Å². The van der Waals surface area contributed by atoms with Gasteiger partial charge in [0.1, 0.15) is 6.26 Å². The Hall–Kier alpha value is 0.0100. The molecule has 0 spiro atoms. The molecule has 1 aromatic rings. The molecule has 0 aliphatic rings. The summed E-state index contributed by atoms with van der Waals surface area (Å²) in [6.07, 6.45) is 2.73. The van der Waals surface area contributed by atoms with Gasteiger partial charge in [0, 0.05) is 6.20 Å². The van der Waals surface area contributed by atoms with Crippen LogP contribution in [0, 0.1) is 0 Å². The SMILES string of the molecule is O=c1[nH]cco1.[NaH]. The van der Waals surface area contributed by atoms with Crippen LogP contribution in [-0.4, -0.2) is 34.5 Å². The summed E-state index contributed by atoms with van der Waals surface area (Å²) in [5.41, 5.74) is 0. The van der Waals surface area contributed by atoms with Gasteiger partial charge in [-0.2, -0.15) is 0 Å². The summed E-state index contributed by atoms with van der Waals surface area (Å²) in [5.74, 6) is -0.407. The molecule has 1 aromatic heterocycles. The third kappa shape index (κ3) is 1.97. The second-order valence-electron chi connectivity index (χ2n) is 0.852. The Balaban J connectivity index is 0.000000360. The van der Waals surface area contributed by atoms with E-state index in [0.717, 1.165) is 0 Å². The normalized spacial score (nSPS) is 7.43. The number of oxazole rings is 1. The minimum absolute atomic E-state index is 0. The summed E-state index contributed by atoms with van der Waals surface area (Å²) in [6, 6.07) is 0. The summed E-state index contributed by atoms with van der Waals surface area (Å²) in [6.45, 7) is 0. The number of rotatable bonds is 0. The number of hydrogen-bond donors (Lipinski definition) is 1. The van der Waals surface area contributed by atoms with Crippen molar-refractivity contribution in [3.8, 4) is 0 Å². The first-order chi connectivity index (χ1) is 2.89. The number of aromatic amines is 1. The van der Waals surface area contributed by atoms with Gasteiger partial charge >= 0.3 is 35.3 Å². The first-order valence-electron chi connectivity index (χ1n) is 1.52. The Kier molecular flexibility index (Phi) is 3.07. The van der Waals surface area contributed by atoms with Gasteiger partial charge in [-0.25, -0.2) is 4.79 Å². The van der Waals surface area contributed by atoms with Crippen molar-refractivity contribution < 1.29 is 4.42 Å². The van der Waals surface area contributed by atoms with E-state index in [1.807, 2.05) is 0 Å². The molecule has 0 bridgehead atoms. The molecule has 1 rings (SSSR count). The molecule has 0 fully saturated rings. The van der Waals surface area contributed by atoms with Crippen LogP contribution in [0.1, 0.15) is 0 Å². The molecule has 0 saturated heterocycles. The number of nitrogens with one attached hydrogen (secondary N) is 1. The number of aromatic nitrogens is 1. The Labute approximate surface area is 62.0 Å². The molecule has 0 aromatic carbocycles. The van der Waals surface area contributed by atoms with Gasteiger partial charge in [0.05, 0.1) is 0 Å². The topological polar surface area (TPSA) is 46.0 Å². The minimum atomic E-state index is -0.407. The van der Waals surface area contributed by atoms with Crippen molar-refractivity contribution in [1.82, 2.24) is 4.98 Å². The Morgan fingerprint density at radius 3 is 2.57 bits per heavy atom. The van der Waals surface area contributed by atoms with Gasteiger partial charge in [-0.05, 0) is 0 Å². The van der Waals surface area contributed by atoms with Crippen molar-refractivity contribution in [1.29, 1.82) is 0 Å². The predicted molar refractivity (Wildman–Crippen MR) is 26.5 cm³/mol. The zero-order valence-corrected chi connectivity index (χ0v) is 2.97. The van der Waals surface area contributed by atoms with Gasteiger partial charge < -0.3 is 4.42 Å². The second kappa shape index (κ2) is 3.07. The zero-order valence-electron chi connectivity index (χ0n) is 2.97. The molecule has 0 amide bonds. The first kappa shape index (κ1) is 7.01. The number of hydrogen-bond acceptors (Lipinski definition) is 2. The average molecular weight is 109 g/mol. The third-order valence-electron chi connectivity index (χ3n) is 0.444. The predicted octanol–water partition coefficient (Wildman–Crippen LogP) is -0.681. The van der Waals surface area contributed by atoms with Crippen LogP contribution in [0.5, 0.6) is 0 Å². The van der Waals surface area contributed by atoms with Gasteiger partial charge in [0.25, 0.3) is 0 Å². The van der Waals surface area contributed by atoms with Crippen molar-refractivity contribution >= 4 is 29.6 Å². The molecule has 0 saturated carbocycles. The van der Waals surface area contributed by atoms with E-state index in [1.54, 1.807) is 0 Å². The standard InChI is InChI=1S/C3H3NO2.Na.H/c5-3-4-1-2-6-3;;/h1-2H,(H,4,5);;. The summed E-state index contributed by atoms with van der Waals surface area (Å²) >= 11 is 0. The molecule has 0 aliphatic carbocycles. The van der Waals surface area contributed by atoms with E-state index in [2.05, 4.69) is 9.40 Å². The molecule has 7 heavy (non-hydrogen) atoms. The Bertz CT molecular complexity index is 151. The molecular formula is C3H4NNaO2. The van der Waals surface area contributed by atoms with E-state index >= 15 is 0 Å². The summed E-state index contributed by atoms with van der Waals surface area (Å²) in [4.78, 5) is 12.1. The second-order valence-corrected chi connectivity index (χ2v) is 0.852. The van der Waals surface area contributed by atoms with Gasteiger partial charge in [-0.3, -0.25) is 4.98 Å². The quantitative estimate of drug-likeness (QED) is 0.448. The molecule has 0 atom stereocenters. The van der Waals surface area contributed by atoms with Crippen LogP contribution in [0.3, 0.4) is 0 Å². The van der Waals surface area contributed by atoms with Crippen LogP contribution in [0.25, 0.3) is 0 Å². The molecule has 3 nitrogen and oxygen atoms in total. The van der Waals surface area contributed by atoms with E-state index in [9.17, 15) is 4.79 Å². The summed E-state index contributed by atoms with van der Waals surface area (Å²) in [7, 11) is 0. The van der Waals surface area contributed by atoms with Crippen LogP contribution >= 0.6 is 0 Å². The van der Waals surface area contributed by atoms with Gasteiger partial charge in [-0.1, -0.05) is 0 Å². The van der Waals surface area contributed by atoms with Crippen LogP contribution < -0.4 is 5.76 Å². The van der Waals surface area contributed by atoms with E-state index in [4.69, 9.17) is 0 Å². The fourth-order valence-electron chi connectivity index (χ4n) is 0.232. The van der Waals surface area contributed by atoms with Gasteiger partial charge in [0.2, 0.25) is 0 Å². The maximum atomic E-state index is 9.85. The first-order valence-corrected chi connectivity index (χ1v) is 1.52. The van der Waals surface area contributed by atoms with E-state index < -0.39 is 5.76 Å². The summed E-state index contributed by atoms with van der Waals surface area (Å²) in [5, 5.41) is 0. The van der Waals surface area contributed by atoms with Crippen molar-refractivity contribution in [3.63, 3.8) is 0 Å². The van der Waals surface area contributed by atoms with Gasteiger partial charge in [-0.15, -0.1) is 0 Å². The van der Waals surface area contributed by atoms with E-state index in [0.29, 0.717) is 0 Å². The third-order valence-corrected chi connectivity index (χ3v) is 0.444. The zero-order chi connectivity index (χ0) is 4.41. The molecule has 34 valence electrons. The molecule has 1 heterocycles. The maximum absolute atomic E-state index is 9.85. The van der Waals surface area contributed by atoms with E-state index in [-0.39, 0.29) is 29.6 Å². The molecule has 4 heteroatoms. The van der Waals surface area contributed by atoms with Crippen LogP contribution in [0.2, 0.25) is 0 Å². The molecule has 0 radical (unpaired) electrons. The van der Waals surface area contributed by atoms with Gasteiger partial charge in [0.15, 0.2) is 0 Å². The van der Waals surface area contributed by atoms with Crippen LogP contribution in [0.4, 0.5) is 0 Å². The Morgan fingerprint density at radius 1 is 1.71 bits per heavy atom. The monoisotopic (exact) mass is 109 g/mol. The van der Waals surface area contributed by atoms with Crippen molar-refractivity contribution in [3.05, 3.63) is 23.0 Å². The average Bonchev–Trinajstić information content (AvgIpc) is 1.86. The van der Waals surface area contributed by atoms with Crippen LogP contribution in [-0.2, 0) is 0 Å². The fourth-order valence-corrected chi connectivity index (χ4v) is 0.232. The molecule has 0 aliphatic heterocycles. The van der Waals surface area contributed by atoms with Crippen LogP contribution in [0.15, 0.2) is 21.7 Å². The molecule has 0 unspecified atom stereocenters. The molecule has 1 N–H and O–H groups in total. The van der Waals surface area contributed by atoms with E-state index in [1.165, 1.54) is 12.5 Å². The van der Waals surface area contributed by atoms with Crippen molar-refractivity contribution in [2.75, 3.05) is 0 Å².